The molecular formula is C20H18ClN3O2. The third-order valence-electron chi connectivity index (χ3n) is 3.99. The Hall–Kier alpha value is -2.92. The van der Waals surface area contributed by atoms with E-state index < -0.39 is 11.3 Å². The van der Waals surface area contributed by atoms with E-state index in [0.717, 1.165) is 12.0 Å². The molecule has 0 atom stereocenters. The van der Waals surface area contributed by atoms with Crippen LogP contribution in [-0.2, 0) is 6.42 Å². The molecule has 26 heavy (non-hydrogen) atoms. The van der Waals surface area contributed by atoms with Gasteiger partial charge in [0.25, 0.3) is 5.91 Å². The van der Waals surface area contributed by atoms with E-state index in [9.17, 15) is 9.59 Å². The molecular weight excluding hydrogens is 350 g/mol. The maximum Gasteiger partial charge on any atom is 0.280 e. The number of nitrogens with one attached hydrogen (secondary N) is 1. The SMILES string of the molecule is CCc1cccc(NC(=O)c2nn(-c3ccc(Cl)cc3)c(C)cc2=O)c1. The molecule has 0 saturated heterocycles. The molecule has 1 aromatic heterocycles. The maximum atomic E-state index is 12.6. The minimum Gasteiger partial charge on any atom is -0.320 e. The van der Waals surface area contributed by atoms with Gasteiger partial charge in [0.05, 0.1) is 5.69 Å². The molecule has 6 heteroatoms. The first-order chi connectivity index (χ1) is 12.5. The number of hydrogen-bond acceptors (Lipinski definition) is 3. The van der Waals surface area contributed by atoms with Gasteiger partial charge < -0.3 is 5.32 Å². The molecule has 0 saturated carbocycles. The van der Waals surface area contributed by atoms with Gasteiger partial charge in [-0.3, -0.25) is 9.59 Å². The van der Waals surface area contributed by atoms with Crippen LogP contribution in [0.2, 0.25) is 5.02 Å². The summed E-state index contributed by atoms with van der Waals surface area (Å²) in [4.78, 5) is 24.9. The third kappa shape index (κ3) is 3.83. The van der Waals surface area contributed by atoms with Crippen molar-refractivity contribution in [2.45, 2.75) is 20.3 Å². The number of aromatic nitrogens is 2. The predicted octanol–water partition coefficient (Wildman–Crippen LogP) is 4.01. The Bertz CT molecular complexity index is 1010. The van der Waals surface area contributed by atoms with Gasteiger partial charge >= 0.3 is 0 Å². The molecule has 0 spiro atoms. The molecule has 132 valence electrons. The topological polar surface area (TPSA) is 64.0 Å². The van der Waals surface area contributed by atoms with Crippen LogP contribution in [0.1, 0.15) is 28.7 Å². The minimum absolute atomic E-state index is 0.160. The van der Waals surface area contributed by atoms with Crippen molar-refractivity contribution in [1.29, 1.82) is 0 Å². The highest BCUT2D eigenvalue weighted by atomic mass is 35.5. The second-order valence-corrected chi connectivity index (χ2v) is 6.33. The van der Waals surface area contributed by atoms with Crippen LogP contribution in [0.15, 0.2) is 59.4 Å². The van der Waals surface area contributed by atoms with Crippen molar-refractivity contribution in [3.05, 3.63) is 86.8 Å². The molecule has 1 amide bonds. The third-order valence-corrected chi connectivity index (χ3v) is 4.24. The summed E-state index contributed by atoms with van der Waals surface area (Å²) in [6.45, 7) is 3.79. The van der Waals surface area contributed by atoms with Gasteiger partial charge in [-0.2, -0.15) is 5.10 Å². The molecule has 0 fully saturated rings. The average molecular weight is 368 g/mol. The summed E-state index contributed by atoms with van der Waals surface area (Å²) in [5, 5.41) is 7.60. The fourth-order valence-corrected chi connectivity index (χ4v) is 2.73. The van der Waals surface area contributed by atoms with E-state index in [1.165, 1.54) is 6.07 Å². The number of carbonyl (C=O) groups excluding carboxylic acids is 1. The number of carbonyl (C=O) groups is 1. The van der Waals surface area contributed by atoms with Crippen molar-refractivity contribution in [2.75, 3.05) is 5.32 Å². The van der Waals surface area contributed by atoms with Gasteiger partial charge in [-0.05, 0) is 55.3 Å². The summed E-state index contributed by atoms with van der Waals surface area (Å²) in [5.74, 6) is -0.536. The normalized spacial score (nSPS) is 10.6. The summed E-state index contributed by atoms with van der Waals surface area (Å²) in [6, 6.07) is 15.9. The number of amides is 1. The van der Waals surface area contributed by atoms with E-state index in [1.54, 1.807) is 41.9 Å². The summed E-state index contributed by atoms with van der Waals surface area (Å²) in [5.41, 5.74) is 2.49. The van der Waals surface area contributed by atoms with Gasteiger partial charge in [0.1, 0.15) is 0 Å². The molecule has 1 N–H and O–H groups in total. The van der Waals surface area contributed by atoms with Crippen LogP contribution >= 0.6 is 11.6 Å². The second kappa shape index (κ2) is 7.54. The summed E-state index contributed by atoms with van der Waals surface area (Å²) in [7, 11) is 0. The molecule has 3 aromatic rings. The van der Waals surface area contributed by atoms with Crippen molar-refractivity contribution >= 4 is 23.2 Å². The highest BCUT2D eigenvalue weighted by Crippen LogP contribution is 2.15. The van der Waals surface area contributed by atoms with Crippen LogP contribution in [0.3, 0.4) is 0 Å². The molecule has 0 aliphatic heterocycles. The highest BCUT2D eigenvalue weighted by molar-refractivity contribution is 6.30. The van der Waals surface area contributed by atoms with Crippen LogP contribution in [-0.4, -0.2) is 15.7 Å². The van der Waals surface area contributed by atoms with E-state index in [-0.39, 0.29) is 5.69 Å². The molecule has 5 nitrogen and oxygen atoms in total. The standard InChI is InChI=1S/C20H18ClN3O2/c1-3-14-5-4-6-16(12-14)22-20(26)19-18(25)11-13(2)24(23-19)17-9-7-15(21)8-10-17/h4-12H,3H2,1-2H3,(H,22,26). The first-order valence-corrected chi connectivity index (χ1v) is 8.63. The van der Waals surface area contributed by atoms with Crippen LogP contribution < -0.4 is 10.7 Å². The van der Waals surface area contributed by atoms with Crippen LogP contribution in [0.4, 0.5) is 5.69 Å². The number of halogens is 1. The van der Waals surface area contributed by atoms with Gasteiger partial charge in [0.2, 0.25) is 5.43 Å². The van der Waals surface area contributed by atoms with Gasteiger partial charge in [-0.15, -0.1) is 0 Å². The summed E-state index contributed by atoms with van der Waals surface area (Å²) < 4.78 is 1.55. The summed E-state index contributed by atoms with van der Waals surface area (Å²) >= 11 is 5.92. The second-order valence-electron chi connectivity index (χ2n) is 5.89. The monoisotopic (exact) mass is 367 g/mol. The lowest BCUT2D eigenvalue weighted by Gasteiger charge is -2.12. The lowest BCUT2D eigenvalue weighted by Crippen LogP contribution is -2.26. The molecule has 0 aliphatic rings. The van der Waals surface area contributed by atoms with Crippen LogP contribution in [0, 0.1) is 6.92 Å². The largest absolute Gasteiger partial charge is 0.320 e. The van der Waals surface area contributed by atoms with Crippen LogP contribution in [0.25, 0.3) is 5.69 Å². The van der Waals surface area contributed by atoms with Crippen molar-refractivity contribution < 1.29 is 4.79 Å². The van der Waals surface area contributed by atoms with E-state index in [0.29, 0.717) is 22.1 Å². The van der Waals surface area contributed by atoms with Crippen molar-refractivity contribution in [1.82, 2.24) is 9.78 Å². The van der Waals surface area contributed by atoms with E-state index >= 15 is 0 Å². The van der Waals surface area contributed by atoms with Crippen molar-refractivity contribution in [2.24, 2.45) is 0 Å². The number of benzene rings is 2. The molecule has 0 bridgehead atoms. The van der Waals surface area contributed by atoms with E-state index in [1.807, 2.05) is 25.1 Å². The zero-order chi connectivity index (χ0) is 18.7. The first-order valence-electron chi connectivity index (χ1n) is 8.25. The lowest BCUT2D eigenvalue weighted by atomic mass is 10.1. The molecule has 2 aromatic carbocycles. The Labute approximate surface area is 156 Å². The van der Waals surface area contributed by atoms with Gasteiger partial charge in [-0.25, -0.2) is 4.68 Å². The summed E-state index contributed by atoms with van der Waals surface area (Å²) in [6.07, 6.45) is 0.857. The number of rotatable bonds is 4. The van der Waals surface area contributed by atoms with Crippen LogP contribution in [0.5, 0.6) is 0 Å². The Morgan fingerprint density at radius 2 is 1.88 bits per heavy atom. The van der Waals surface area contributed by atoms with Gasteiger partial charge in [-0.1, -0.05) is 30.7 Å². The Morgan fingerprint density at radius 3 is 2.58 bits per heavy atom. The predicted molar refractivity (Wildman–Crippen MR) is 103 cm³/mol. The first kappa shape index (κ1) is 17.9. The molecule has 3 rings (SSSR count). The zero-order valence-electron chi connectivity index (χ0n) is 14.5. The molecule has 0 unspecified atom stereocenters. The number of hydrogen-bond donors (Lipinski definition) is 1. The van der Waals surface area contributed by atoms with Gasteiger partial charge in [0.15, 0.2) is 5.69 Å². The number of aryl methyl sites for hydroxylation is 2. The van der Waals surface area contributed by atoms with Crippen molar-refractivity contribution in [3.8, 4) is 5.69 Å². The fourth-order valence-electron chi connectivity index (χ4n) is 2.61. The number of anilines is 1. The highest BCUT2D eigenvalue weighted by Gasteiger charge is 2.15. The lowest BCUT2D eigenvalue weighted by molar-refractivity contribution is 0.101. The Morgan fingerprint density at radius 1 is 1.15 bits per heavy atom. The average Bonchev–Trinajstić information content (AvgIpc) is 2.63. The molecule has 1 heterocycles. The van der Waals surface area contributed by atoms with Gasteiger partial charge in [0, 0.05) is 22.5 Å². The minimum atomic E-state index is -0.536. The zero-order valence-corrected chi connectivity index (χ0v) is 15.2. The van der Waals surface area contributed by atoms with E-state index in [4.69, 9.17) is 11.6 Å². The Balaban J connectivity index is 1.96. The van der Waals surface area contributed by atoms with E-state index in [2.05, 4.69) is 10.4 Å². The quantitative estimate of drug-likeness (QED) is 0.757. The Kier molecular flexibility index (Phi) is 5.19. The maximum absolute atomic E-state index is 12.6. The molecule has 0 aliphatic carbocycles. The molecule has 0 radical (unpaired) electrons. The fraction of sp³-hybridized carbons (Fsp3) is 0.150. The van der Waals surface area contributed by atoms with Crippen molar-refractivity contribution in [3.63, 3.8) is 0 Å². The smallest absolute Gasteiger partial charge is 0.280 e. The number of nitrogens with zero attached hydrogens (tertiary/aromatic N) is 2.